The highest BCUT2D eigenvalue weighted by molar-refractivity contribution is 7.99. The van der Waals surface area contributed by atoms with Gasteiger partial charge in [-0.1, -0.05) is 0 Å². The Morgan fingerprint density at radius 2 is 2.16 bits per heavy atom. The van der Waals surface area contributed by atoms with E-state index in [4.69, 9.17) is 5.11 Å². The third kappa shape index (κ3) is 2.10. The molecule has 0 aliphatic heterocycles. The maximum Gasteiger partial charge on any atom is 0.338 e. The molecule has 3 heterocycles. The number of imidazole rings is 1. The van der Waals surface area contributed by atoms with Crippen LogP contribution in [0.4, 0.5) is 0 Å². The second-order valence-corrected chi connectivity index (χ2v) is 4.41. The van der Waals surface area contributed by atoms with Gasteiger partial charge >= 0.3 is 5.97 Å². The van der Waals surface area contributed by atoms with E-state index < -0.39 is 5.97 Å². The van der Waals surface area contributed by atoms with E-state index in [9.17, 15) is 4.79 Å². The molecule has 94 valence electrons. The largest absolute Gasteiger partial charge is 0.478 e. The molecule has 3 aromatic heterocycles. The summed E-state index contributed by atoms with van der Waals surface area (Å²) in [5.74, 6) is -1.06. The monoisotopic (exact) mass is 274 g/mol. The molecule has 9 heteroatoms. The van der Waals surface area contributed by atoms with Gasteiger partial charge < -0.3 is 10.1 Å². The number of aromatic nitrogens is 6. The van der Waals surface area contributed by atoms with Crippen LogP contribution < -0.4 is 0 Å². The molecule has 0 aliphatic rings. The number of carbonyl (C=O) groups is 1. The van der Waals surface area contributed by atoms with E-state index in [1.54, 1.807) is 0 Å². The van der Waals surface area contributed by atoms with Crippen molar-refractivity contribution in [1.29, 1.82) is 0 Å². The Morgan fingerprint density at radius 1 is 1.26 bits per heavy atom. The Kier molecular flexibility index (Phi) is 2.80. The van der Waals surface area contributed by atoms with E-state index in [1.807, 2.05) is 0 Å². The molecule has 0 bridgehead atoms. The van der Waals surface area contributed by atoms with Crippen LogP contribution in [0.5, 0.6) is 0 Å². The minimum absolute atomic E-state index is 0.0753. The van der Waals surface area contributed by atoms with E-state index in [-0.39, 0.29) is 10.6 Å². The molecule has 0 fully saturated rings. The second kappa shape index (κ2) is 4.61. The van der Waals surface area contributed by atoms with Gasteiger partial charge in [0.1, 0.15) is 21.9 Å². The second-order valence-electron chi connectivity index (χ2n) is 3.44. The number of carboxylic acid groups (broad SMARTS) is 1. The summed E-state index contributed by atoms with van der Waals surface area (Å²) in [5, 5.41) is 17.4. The number of nitrogens with one attached hydrogen (secondary N) is 1. The van der Waals surface area contributed by atoms with Crippen LogP contribution in [-0.4, -0.2) is 41.2 Å². The molecule has 19 heavy (non-hydrogen) atoms. The molecule has 0 radical (unpaired) electrons. The van der Waals surface area contributed by atoms with Crippen LogP contribution in [0.3, 0.4) is 0 Å². The van der Waals surface area contributed by atoms with E-state index in [2.05, 4.69) is 30.1 Å². The summed E-state index contributed by atoms with van der Waals surface area (Å²) in [6.45, 7) is 0. The van der Waals surface area contributed by atoms with Gasteiger partial charge in [0.05, 0.1) is 18.1 Å². The van der Waals surface area contributed by atoms with Crippen molar-refractivity contribution in [2.45, 2.75) is 10.1 Å². The molecule has 0 saturated heterocycles. The topological polar surface area (TPSA) is 118 Å². The minimum Gasteiger partial charge on any atom is -0.478 e. The molecule has 8 nitrogen and oxygen atoms in total. The van der Waals surface area contributed by atoms with Gasteiger partial charge in [0.25, 0.3) is 0 Å². The number of aromatic carboxylic acids is 1. The molecule has 0 unspecified atom stereocenters. The minimum atomic E-state index is -1.06. The molecule has 0 aliphatic carbocycles. The predicted molar refractivity (Wildman–Crippen MR) is 64.8 cm³/mol. The first-order valence-electron chi connectivity index (χ1n) is 5.12. The smallest absolute Gasteiger partial charge is 0.338 e. The zero-order chi connectivity index (χ0) is 13.2. The van der Waals surface area contributed by atoms with E-state index >= 15 is 0 Å². The van der Waals surface area contributed by atoms with Crippen LogP contribution in [0.1, 0.15) is 10.4 Å². The summed E-state index contributed by atoms with van der Waals surface area (Å²) in [4.78, 5) is 26.1. The van der Waals surface area contributed by atoms with Crippen LogP contribution >= 0.6 is 11.8 Å². The number of carboxylic acids is 1. The molecule has 3 aromatic rings. The van der Waals surface area contributed by atoms with Crippen molar-refractivity contribution in [2.75, 3.05) is 0 Å². The van der Waals surface area contributed by atoms with Crippen molar-refractivity contribution < 1.29 is 9.90 Å². The summed E-state index contributed by atoms with van der Waals surface area (Å²) in [6.07, 6.45) is 4.19. The molecular formula is C10H6N6O2S. The van der Waals surface area contributed by atoms with Gasteiger partial charge in [-0.05, 0) is 17.8 Å². The Labute approximate surface area is 110 Å². The van der Waals surface area contributed by atoms with Crippen molar-refractivity contribution in [1.82, 2.24) is 30.1 Å². The number of aromatic amines is 1. The highest BCUT2D eigenvalue weighted by Gasteiger charge is 2.15. The Hall–Kier alpha value is -2.55. The summed E-state index contributed by atoms with van der Waals surface area (Å²) in [5.41, 5.74) is 1.22. The van der Waals surface area contributed by atoms with Crippen LogP contribution in [0.25, 0.3) is 11.2 Å². The predicted octanol–water partition coefficient (Wildman–Crippen LogP) is 0.992. The summed E-state index contributed by atoms with van der Waals surface area (Å²) in [7, 11) is 0. The van der Waals surface area contributed by atoms with Crippen molar-refractivity contribution in [2.24, 2.45) is 0 Å². The first-order chi connectivity index (χ1) is 9.25. The van der Waals surface area contributed by atoms with Gasteiger partial charge in [0.2, 0.25) is 0 Å². The Morgan fingerprint density at radius 3 is 3.00 bits per heavy atom. The number of fused-ring (bicyclic) bond motifs is 1. The molecule has 2 N–H and O–H groups in total. The first-order valence-corrected chi connectivity index (χ1v) is 5.94. The summed E-state index contributed by atoms with van der Waals surface area (Å²) in [6, 6.07) is 1.39. The van der Waals surface area contributed by atoms with E-state index in [1.165, 1.54) is 24.9 Å². The fourth-order valence-corrected chi connectivity index (χ4v) is 2.36. The highest BCUT2D eigenvalue weighted by Crippen LogP contribution is 2.29. The van der Waals surface area contributed by atoms with Gasteiger partial charge in [-0.3, -0.25) is 0 Å². The number of H-pyrrole nitrogens is 1. The van der Waals surface area contributed by atoms with Gasteiger partial charge in [-0.2, -0.15) is 5.10 Å². The fraction of sp³-hybridized carbons (Fsp3) is 0. The highest BCUT2D eigenvalue weighted by atomic mass is 32.2. The van der Waals surface area contributed by atoms with E-state index in [0.717, 1.165) is 11.8 Å². The van der Waals surface area contributed by atoms with Gasteiger partial charge in [-0.15, -0.1) is 5.10 Å². The third-order valence-electron chi connectivity index (χ3n) is 2.30. The van der Waals surface area contributed by atoms with E-state index in [0.29, 0.717) is 16.2 Å². The average Bonchev–Trinajstić information content (AvgIpc) is 2.88. The zero-order valence-corrected chi connectivity index (χ0v) is 10.1. The SMILES string of the molecule is O=C(O)c1ccnnc1Sc1ncnc2nc[nH]c12. The number of rotatable bonds is 3. The van der Waals surface area contributed by atoms with Crippen molar-refractivity contribution in [3.8, 4) is 0 Å². The fourth-order valence-electron chi connectivity index (χ4n) is 1.47. The Bertz CT molecular complexity index is 758. The van der Waals surface area contributed by atoms with Gasteiger partial charge in [0.15, 0.2) is 5.65 Å². The first kappa shape index (κ1) is 11.5. The molecule has 3 rings (SSSR count). The molecule has 0 spiro atoms. The number of nitrogens with zero attached hydrogens (tertiary/aromatic N) is 5. The van der Waals surface area contributed by atoms with Crippen molar-refractivity contribution in [3.05, 3.63) is 30.5 Å². The number of hydrogen-bond acceptors (Lipinski definition) is 7. The molecular weight excluding hydrogens is 268 g/mol. The van der Waals surface area contributed by atoms with Crippen LogP contribution in [-0.2, 0) is 0 Å². The Balaban J connectivity index is 2.06. The average molecular weight is 274 g/mol. The lowest BCUT2D eigenvalue weighted by atomic mass is 10.3. The molecule has 0 saturated carbocycles. The van der Waals surface area contributed by atoms with Crippen LogP contribution in [0.15, 0.2) is 35.0 Å². The normalized spacial score (nSPS) is 10.7. The number of hydrogen-bond donors (Lipinski definition) is 2. The standard InChI is InChI=1S/C10H6N6O2S/c17-10(18)5-1-2-15-16-8(5)19-9-6-7(12-3-11-6)13-4-14-9/h1-4H,(H,17,18)(H,11,12,13,14). The van der Waals surface area contributed by atoms with Crippen molar-refractivity contribution >= 4 is 28.9 Å². The van der Waals surface area contributed by atoms with Gasteiger partial charge in [-0.25, -0.2) is 19.7 Å². The summed E-state index contributed by atoms with van der Waals surface area (Å²) >= 11 is 1.10. The lowest BCUT2D eigenvalue weighted by molar-refractivity contribution is 0.0692. The third-order valence-corrected chi connectivity index (χ3v) is 3.30. The summed E-state index contributed by atoms with van der Waals surface area (Å²) < 4.78 is 0. The van der Waals surface area contributed by atoms with Crippen molar-refractivity contribution in [3.63, 3.8) is 0 Å². The lowest BCUT2D eigenvalue weighted by Gasteiger charge is -2.02. The molecule has 0 aromatic carbocycles. The zero-order valence-electron chi connectivity index (χ0n) is 9.31. The van der Waals surface area contributed by atoms with Crippen LogP contribution in [0, 0.1) is 0 Å². The molecule has 0 amide bonds. The maximum absolute atomic E-state index is 11.1. The quantitative estimate of drug-likeness (QED) is 0.679. The lowest BCUT2D eigenvalue weighted by Crippen LogP contribution is -2.02. The van der Waals surface area contributed by atoms with Crippen LogP contribution in [0.2, 0.25) is 0 Å². The maximum atomic E-state index is 11.1. The van der Waals surface area contributed by atoms with Gasteiger partial charge in [0, 0.05) is 0 Å². The molecule has 0 atom stereocenters.